The molecule has 0 aromatic rings. The fourth-order valence-electron chi connectivity index (χ4n) is 7.11. The zero-order valence-electron chi connectivity index (χ0n) is 31.0. The van der Waals surface area contributed by atoms with E-state index < -0.39 is 48.5 Å². The van der Waals surface area contributed by atoms with Gasteiger partial charge in [-0.1, -0.05) is 155 Å². The lowest BCUT2D eigenvalue weighted by molar-refractivity contribution is -0.131. The topological polar surface area (TPSA) is 163 Å². The van der Waals surface area contributed by atoms with E-state index in [2.05, 4.69) is 17.6 Å². The largest absolute Gasteiger partial charge is 0.396 e. The van der Waals surface area contributed by atoms with Crippen molar-refractivity contribution in [3.05, 3.63) is 0 Å². The van der Waals surface area contributed by atoms with Crippen LogP contribution in [0.5, 0.6) is 0 Å². The third-order valence-corrected chi connectivity index (χ3v) is 10.6. The maximum Gasteiger partial charge on any atom is 0.220 e. The van der Waals surface area contributed by atoms with Crippen LogP contribution in [0, 0.1) is 5.92 Å². The normalized spacial score (nSPS) is 23.2. The highest BCUT2D eigenvalue weighted by atomic mass is 16.4. The average molecular weight is 687 g/mol. The number of aliphatic hydroxyl groups is 6. The molecule has 0 saturated heterocycles. The number of hydrogen-bond acceptors (Lipinski definition) is 8. The summed E-state index contributed by atoms with van der Waals surface area (Å²) in [6.45, 7) is 3.75. The zero-order chi connectivity index (χ0) is 35.4. The van der Waals surface area contributed by atoms with Crippen molar-refractivity contribution in [1.82, 2.24) is 10.6 Å². The third-order valence-electron chi connectivity index (χ3n) is 10.6. The van der Waals surface area contributed by atoms with Gasteiger partial charge in [-0.05, 0) is 19.3 Å². The molecule has 1 rings (SSSR count). The van der Waals surface area contributed by atoms with E-state index in [4.69, 9.17) is 0 Å². The quantitative estimate of drug-likeness (QED) is 0.0398. The van der Waals surface area contributed by atoms with Crippen LogP contribution in [-0.4, -0.2) is 92.3 Å². The summed E-state index contributed by atoms with van der Waals surface area (Å²) in [4.78, 5) is 12.7. The van der Waals surface area contributed by atoms with Gasteiger partial charge in [0.05, 0.1) is 24.4 Å². The summed E-state index contributed by atoms with van der Waals surface area (Å²) in [6, 6.07) is -1.43. The van der Waals surface area contributed by atoms with E-state index in [1.54, 1.807) is 6.92 Å². The fourth-order valence-corrected chi connectivity index (χ4v) is 7.11. The van der Waals surface area contributed by atoms with Gasteiger partial charge in [0.15, 0.2) is 0 Å². The summed E-state index contributed by atoms with van der Waals surface area (Å²) in [5.41, 5.74) is 0. The van der Waals surface area contributed by atoms with Crippen molar-refractivity contribution < 1.29 is 35.4 Å². The lowest BCUT2D eigenvalue weighted by Gasteiger charge is -2.41. The first kappa shape index (κ1) is 45.2. The number of carbonyl (C=O) groups is 1. The molecular weight excluding hydrogens is 608 g/mol. The second-order valence-electron chi connectivity index (χ2n) is 14.8. The molecule has 1 aliphatic rings. The second-order valence-corrected chi connectivity index (χ2v) is 14.8. The van der Waals surface area contributed by atoms with Gasteiger partial charge in [0.2, 0.25) is 5.91 Å². The maximum absolute atomic E-state index is 12.7. The minimum Gasteiger partial charge on any atom is -0.396 e. The van der Waals surface area contributed by atoms with Gasteiger partial charge in [-0.15, -0.1) is 0 Å². The molecule has 0 bridgehead atoms. The number of hydrogen-bond donors (Lipinski definition) is 8. The number of nitrogens with one attached hydrogen (secondary N) is 2. The van der Waals surface area contributed by atoms with Crippen LogP contribution in [0.15, 0.2) is 0 Å². The van der Waals surface area contributed by atoms with Crippen LogP contribution in [-0.2, 0) is 4.79 Å². The Labute approximate surface area is 294 Å². The Bertz CT molecular complexity index is 743. The van der Waals surface area contributed by atoms with Crippen LogP contribution in [0.25, 0.3) is 0 Å². The molecule has 48 heavy (non-hydrogen) atoms. The lowest BCUT2D eigenvalue weighted by atomic mass is 9.79. The van der Waals surface area contributed by atoms with E-state index in [1.165, 1.54) is 128 Å². The Morgan fingerprint density at radius 2 is 1.04 bits per heavy atom. The highest BCUT2D eigenvalue weighted by Gasteiger charge is 2.42. The van der Waals surface area contributed by atoms with Gasteiger partial charge < -0.3 is 41.3 Å². The van der Waals surface area contributed by atoms with E-state index in [1.807, 2.05) is 0 Å². The number of carbonyl (C=O) groups excluding carboxylic acids is 1. The summed E-state index contributed by atoms with van der Waals surface area (Å²) >= 11 is 0. The number of aliphatic hydroxyl groups excluding tert-OH is 6. The predicted molar refractivity (Wildman–Crippen MR) is 196 cm³/mol. The Hall–Kier alpha value is -0.810. The summed E-state index contributed by atoms with van der Waals surface area (Å²) in [5.74, 6) is -0.792. The average Bonchev–Trinajstić information content (AvgIpc) is 3.09. The summed E-state index contributed by atoms with van der Waals surface area (Å²) in [6.07, 6.45) is 25.1. The van der Waals surface area contributed by atoms with Crippen molar-refractivity contribution in [2.75, 3.05) is 13.2 Å². The van der Waals surface area contributed by atoms with E-state index >= 15 is 0 Å². The summed E-state index contributed by atoms with van der Waals surface area (Å²) in [5, 5.41) is 67.0. The minimum atomic E-state index is -1.41. The van der Waals surface area contributed by atoms with Crippen molar-refractivity contribution in [2.24, 2.45) is 5.92 Å². The third kappa shape index (κ3) is 20.8. The van der Waals surface area contributed by atoms with Crippen molar-refractivity contribution in [3.63, 3.8) is 0 Å². The van der Waals surface area contributed by atoms with Gasteiger partial charge >= 0.3 is 0 Å². The first-order valence-corrected chi connectivity index (χ1v) is 20.3. The van der Waals surface area contributed by atoms with Gasteiger partial charge in [-0.3, -0.25) is 4.79 Å². The first-order valence-electron chi connectivity index (χ1n) is 20.3. The summed E-state index contributed by atoms with van der Waals surface area (Å²) < 4.78 is 0. The smallest absolute Gasteiger partial charge is 0.220 e. The van der Waals surface area contributed by atoms with E-state index in [0.29, 0.717) is 12.8 Å². The number of amides is 1. The first-order chi connectivity index (χ1) is 23.3. The maximum atomic E-state index is 12.7. The van der Waals surface area contributed by atoms with Crippen molar-refractivity contribution in [3.8, 4) is 0 Å². The monoisotopic (exact) mass is 687 g/mol. The zero-order valence-corrected chi connectivity index (χ0v) is 31.0. The molecule has 0 aliphatic heterocycles. The second kappa shape index (κ2) is 29.9. The molecule has 0 aromatic carbocycles. The van der Waals surface area contributed by atoms with E-state index in [0.717, 1.165) is 19.3 Å². The van der Waals surface area contributed by atoms with Gasteiger partial charge in [-0.25, -0.2) is 0 Å². The van der Waals surface area contributed by atoms with Crippen LogP contribution in [0.4, 0.5) is 0 Å². The number of unbranched alkanes of at least 4 members (excludes halogenated alkanes) is 22. The van der Waals surface area contributed by atoms with Crippen LogP contribution >= 0.6 is 0 Å². The van der Waals surface area contributed by atoms with Crippen LogP contribution in [0.3, 0.4) is 0 Å². The molecule has 0 spiro atoms. The molecule has 8 atom stereocenters. The molecule has 1 aliphatic carbocycles. The Balaban J connectivity index is 2.06. The van der Waals surface area contributed by atoms with Gasteiger partial charge in [0.25, 0.3) is 0 Å². The van der Waals surface area contributed by atoms with Crippen LogP contribution < -0.4 is 10.6 Å². The van der Waals surface area contributed by atoms with Gasteiger partial charge in [0.1, 0.15) is 12.2 Å². The fraction of sp³-hybridized carbons (Fsp3) is 0.974. The van der Waals surface area contributed by atoms with Crippen molar-refractivity contribution in [1.29, 1.82) is 0 Å². The van der Waals surface area contributed by atoms with Gasteiger partial charge in [-0.2, -0.15) is 0 Å². The Morgan fingerprint density at radius 3 is 1.44 bits per heavy atom. The molecule has 1 saturated carbocycles. The highest BCUT2D eigenvalue weighted by Crippen LogP contribution is 2.26. The SMILES string of the molecule is CCCCCCCCCCCCCCCCCCCCCCCCCC(=O)NC(CNC1CC(CO)C(O)C(O)C1O)C(O)C(O)CC. The van der Waals surface area contributed by atoms with E-state index in [-0.39, 0.29) is 25.5 Å². The molecule has 8 unspecified atom stereocenters. The minimum absolute atomic E-state index is 0.0616. The molecular formula is C39H78N2O7. The Kier molecular flexibility index (Phi) is 28.1. The lowest BCUT2D eigenvalue weighted by Crippen LogP contribution is -2.61. The summed E-state index contributed by atoms with van der Waals surface area (Å²) in [7, 11) is 0. The molecule has 9 heteroatoms. The van der Waals surface area contributed by atoms with Crippen molar-refractivity contribution >= 4 is 5.91 Å². The van der Waals surface area contributed by atoms with Crippen LogP contribution in [0.2, 0.25) is 0 Å². The molecule has 0 aromatic heterocycles. The molecule has 1 fully saturated rings. The molecule has 0 heterocycles. The highest BCUT2D eigenvalue weighted by molar-refractivity contribution is 5.76. The predicted octanol–water partition coefficient (Wildman–Crippen LogP) is 6.04. The standard InChI is InChI=1S/C39H78N2O7/c1-3-5-6-7-8-9-10-11-12-13-14-15-16-17-18-19-20-21-22-23-24-25-26-27-35(44)41-33(37(46)34(43)4-2)29-40-32-28-31(30-42)36(45)39(48)38(32)47/h31-34,36-40,42-43,45-48H,3-30H2,1-2H3,(H,41,44). The number of rotatable bonds is 32. The van der Waals surface area contributed by atoms with Crippen molar-refractivity contribution in [2.45, 2.75) is 223 Å². The Morgan fingerprint density at radius 1 is 0.625 bits per heavy atom. The molecule has 1 amide bonds. The van der Waals surface area contributed by atoms with Crippen LogP contribution in [0.1, 0.15) is 181 Å². The molecule has 0 radical (unpaired) electrons. The molecule has 8 N–H and O–H groups in total. The molecule has 286 valence electrons. The van der Waals surface area contributed by atoms with Gasteiger partial charge in [0, 0.05) is 31.5 Å². The van der Waals surface area contributed by atoms with E-state index in [9.17, 15) is 35.4 Å². The molecule has 9 nitrogen and oxygen atoms in total.